The molecular weight excluding hydrogens is 338 g/mol. The average molecular weight is 365 g/mol. The molecule has 2 aromatic rings. The third kappa shape index (κ3) is 3.37. The normalized spacial score (nSPS) is 24.3. The third-order valence-electron chi connectivity index (χ3n) is 6.45. The van der Waals surface area contributed by atoms with Crippen LogP contribution in [0.15, 0.2) is 16.9 Å². The number of nitrogens with one attached hydrogen (secondary N) is 1. The number of aryl methyl sites for hydroxylation is 4. The molecule has 5 rings (SSSR count). The van der Waals surface area contributed by atoms with E-state index >= 15 is 0 Å². The fraction of sp³-hybridized carbons (Fsp3) is 0.619. The molecular formula is C21H27N5O. The number of anilines is 1. The molecule has 1 saturated carbocycles. The topological polar surface area (TPSA) is 72.7 Å². The Balaban J connectivity index is 1.25. The van der Waals surface area contributed by atoms with Gasteiger partial charge in [0.05, 0.1) is 17.4 Å². The van der Waals surface area contributed by atoms with Gasteiger partial charge in [-0.25, -0.2) is 4.68 Å². The predicted octanol–water partition coefficient (Wildman–Crippen LogP) is 3.00. The van der Waals surface area contributed by atoms with E-state index in [1.165, 1.54) is 36.1 Å². The van der Waals surface area contributed by atoms with E-state index in [4.69, 9.17) is 5.10 Å². The van der Waals surface area contributed by atoms with Crippen molar-refractivity contribution in [1.82, 2.24) is 20.0 Å². The van der Waals surface area contributed by atoms with Crippen molar-refractivity contribution >= 4 is 5.82 Å². The van der Waals surface area contributed by atoms with E-state index in [0.717, 1.165) is 62.9 Å². The lowest BCUT2D eigenvalue weighted by atomic mass is 9.91. The van der Waals surface area contributed by atoms with Gasteiger partial charge in [-0.15, -0.1) is 5.10 Å². The number of hydrogen-bond acceptors (Lipinski definition) is 5. The SMILES string of the molecule is O=c1cc2c(nn1C1CCC(Nc3cc4c(nn3)CCC4)CC1)CCCC2. The zero-order valence-corrected chi connectivity index (χ0v) is 15.8. The highest BCUT2D eigenvalue weighted by Crippen LogP contribution is 2.30. The van der Waals surface area contributed by atoms with E-state index in [2.05, 4.69) is 21.6 Å². The summed E-state index contributed by atoms with van der Waals surface area (Å²) >= 11 is 0. The summed E-state index contributed by atoms with van der Waals surface area (Å²) in [6.07, 6.45) is 11.8. The van der Waals surface area contributed by atoms with Gasteiger partial charge in [-0.05, 0) is 87.8 Å². The Hall–Kier alpha value is -2.24. The highest BCUT2D eigenvalue weighted by Gasteiger charge is 2.25. The van der Waals surface area contributed by atoms with Crippen molar-refractivity contribution in [3.05, 3.63) is 45.0 Å². The lowest BCUT2D eigenvalue weighted by Gasteiger charge is -2.30. The summed E-state index contributed by atoms with van der Waals surface area (Å²) < 4.78 is 1.77. The van der Waals surface area contributed by atoms with E-state index in [0.29, 0.717) is 6.04 Å². The van der Waals surface area contributed by atoms with Crippen molar-refractivity contribution in [2.75, 3.05) is 5.32 Å². The predicted molar refractivity (Wildman–Crippen MR) is 104 cm³/mol. The van der Waals surface area contributed by atoms with Gasteiger partial charge in [-0.1, -0.05) is 0 Å². The monoisotopic (exact) mass is 365 g/mol. The maximum atomic E-state index is 12.5. The lowest BCUT2D eigenvalue weighted by Crippen LogP contribution is -2.34. The van der Waals surface area contributed by atoms with E-state index < -0.39 is 0 Å². The van der Waals surface area contributed by atoms with Gasteiger partial charge in [0.25, 0.3) is 5.56 Å². The van der Waals surface area contributed by atoms with Crippen LogP contribution < -0.4 is 10.9 Å². The summed E-state index contributed by atoms with van der Waals surface area (Å²) in [5.74, 6) is 0.906. The van der Waals surface area contributed by atoms with Gasteiger partial charge in [0.1, 0.15) is 5.82 Å². The maximum Gasteiger partial charge on any atom is 0.267 e. The molecule has 0 spiro atoms. The second-order valence-electron chi connectivity index (χ2n) is 8.31. The molecule has 0 atom stereocenters. The van der Waals surface area contributed by atoms with Crippen LogP contribution in [0.2, 0.25) is 0 Å². The minimum absolute atomic E-state index is 0.0801. The van der Waals surface area contributed by atoms with E-state index in [-0.39, 0.29) is 11.6 Å². The number of rotatable bonds is 3. The van der Waals surface area contributed by atoms with Gasteiger partial charge >= 0.3 is 0 Å². The van der Waals surface area contributed by atoms with Crippen LogP contribution in [0.4, 0.5) is 5.82 Å². The minimum Gasteiger partial charge on any atom is -0.366 e. The molecule has 6 nitrogen and oxygen atoms in total. The van der Waals surface area contributed by atoms with Crippen molar-refractivity contribution in [3.8, 4) is 0 Å². The first-order chi connectivity index (χ1) is 13.3. The van der Waals surface area contributed by atoms with Crippen molar-refractivity contribution in [2.24, 2.45) is 0 Å². The summed E-state index contributed by atoms with van der Waals surface area (Å²) in [6.45, 7) is 0. The number of fused-ring (bicyclic) bond motifs is 2. The summed E-state index contributed by atoms with van der Waals surface area (Å²) in [5.41, 5.74) is 4.92. The quantitative estimate of drug-likeness (QED) is 0.905. The van der Waals surface area contributed by atoms with Crippen LogP contribution in [0.3, 0.4) is 0 Å². The van der Waals surface area contributed by atoms with Gasteiger partial charge in [0.15, 0.2) is 0 Å². The van der Waals surface area contributed by atoms with Crippen molar-refractivity contribution in [3.63, 3.8) is 0 Å². The number of nitrogens with zero attached hydrogens (tertiary/aromatic N) is 4. The first-order valence-electron chi connectivity index (χ1n) is 10.5. The second kappa shape index (κ2) is 7.06. The number of aromatic nitrogens is 4. The molecule has 3 aliphatic rings. The minimum atomic E-state index is 0.0801. The fourth-order valence-electron chi connectivity index (χ4n) is 4.91. The zero-order valence-electron chi connectivity index (χ0n) is 15.8. The lowest BCUT2D eigenvalue weighted by molar-refractivity contribution is 0.300. The largest absolute Gasteiger partial charge is 0.366 e. The molecule has 1 N–H and O–H groups in total. The van der Waals surface area contributed by atoms with Crippen LogP contribution in [0.1, 0.15) is 73.5 Å². The fourth-order valence-corrected chi connectivity index (χ4v) is 4.91. The first kappa shape index (κ1) is 16.9. The molecule has 0 unspecified atom stereocenters. The molecule has 2 heterocycles. The first-order valence-corrected chi connectivity index (χ1v) is 10.5. The van der Waals surface area contributed by atoms with Crippen molar-refractivity contribution in [1.29, 1.82) is 0 Å². The molecule has 0 saturated heterocycles. The van der Waals surface area contributed by atoms with Gasteiger partial charge in [0, 0.05) is 12.1 Å². The summed E-state index contributed by atoms with van der Waals surface area (Å²) in [5, 5.41) is 17.0. The maximum absolute atomic E-state index is 12.5. The molecule has 1 fully saturated rings. The Morgan fingerprint density at radius 1 is 0.852 bits per heavy atom. The molecule has 0 aromatic carbocycles. The van der Waals surface area contributed by atoms with Gasteiger partial charge in [-0.2, -0.15) is 10.2 Å². The van der Waals surface area contributed by atoms with E-state index in [1.54, 1.807) is 4.68 Å². The van der Waals surface area contributed by atoms with Crippen LogP contribution in [-0.2, 0) is 25.7 Å². The highest BCUT2D eigenvalue weighted by molar-refractivity contribution is 5.40. The zero-order chi connectivity index (χ0) is 18.2. The standard InChI is InChI=1S/C21H27N5O/c27-21-13-15-4-1-2-6-19(15)25-26(21)17-10-8-16(9-11-17)22-20-12-14-5-3-7-18(14)23-24-20/h12-13,16-17H,1-11H2,(H,22,24). The van der Waals surface area contributed by atoms with Crippen molar-refractivity contribution in [2.45, 2.75) is 82.7 Å². The molecule has 0 aliphatic heterocycles. The number of hydrogen-bond donors (Lipinski definition) is 1. The van der Waals surface area contributed by atoms with Gasteiger partial charge in [0.2, 0.25) is 0 Å². The van der Waals surface area contributed by atoms with Gasteiger partial charge < -0.3 is 5.32 Å². The Morgan fingerprint density at radius 2 is 1.59 bits per heavy atom. The van der Waals surface area contributed by atoms with E-state index in [1.807, 2.05) is 6.07 Å². The molecule has 27 heavy (non-hydrogen) atoms. The second-order valence-corrected chi connectivity index (χ2v) is 8.31. The summed E-state index contributed by atoms with van der Waals surface area (Å²) in [7, 11) is 0. The van der Waals surface area contributed by atoms with Crippen LogP contribution in [0.25, 0.3) is 0 Å². The summed E-state index contributed by atoms with van der Waals surface area (Å²) in [4.78, 5) is 12.5. The molecule has 0 amide bonds. The Morgan fingerprint density at radius 3 is 2.48 bits per heavy atom. The van der Waals surface area contributed by atoms with Crippen LogP contribution in [0, 0.1) is 0 Å². The smallest absolute Gasteiger partial charge is 0.267 e. The van der Waals surface area contributed by atoms with Crippen molar-refractivity contribution < 1.29 is 0 Å². The molecule has 3 aliphatic carbocycles. The Labute approximate surface area is 159 Å². The Kier molecular flexibility index (Phi) is 4.42. The molecule has 0 radical (unpaired) electrons. The van der Waals surface area contributed by atoms with Crippen LogP contribution in [0.5, 0.6) is 0 Å². The average Bonchev–Trinajstić information content (AvgIpc) is 3.16. The van der Waals surface area contributed by atoms with Crippen LogP contribution in [-0.4, -0.2) is 26.0 Å². The Bertz CT molecular complexity index is 898. The van der Waals surface area contributed by atoms with E-state index in [9.17, 15) is 4.79 Å². The molecule has 6 heteroatoms. The molecule has 142 valence electrons. The van der Waals surface area contributed by atoms with Gasteiger partial charge in [-0.3, -0.25) is 4.79 Å². The molecule has 2 aromatic heterocycles. The van der Waals surface area contributed by atoms with Crippen LogP contribution >= 0.6 is 0 Å². The summed E-state index contributed by atoms with van der Waals surface area (Å²) in [6, 6.07) is 4.65. The highest BCUT2D eigenvalue weighted by atomic mass is 16.1. The third-order valence-corrected chi connectivity index (χ3v) is 6.45. The molecule has 0 bridgehead atoms.